The van der Waals surface area contributed by atoms with Gasteiger partial charge in [0.25, 0.3) is 0 Å². The van der Waals surface area contributed by atoms with Crippen LogP contribution in [0.5, 0.6) is 0 Å². The van der Waals surface area contributed by atoms with Crippen molar-refractivity contribution in [1.82, 2.24) is 0 Å². The molecule has 5 aromatic heterocycles. The van der Waals surface area contributed by atoms with E-state index in [0.717, 1.165) is 32.4 Å². The van der Waals surface area contributed by atoms with Crippen molar-refractivity contribution in [2.45, 2.75) is 0 Å². The van der Waals surface area contributed by atoms with Crippen LogP contribution in [0.2, 0.25) is 0 Å². The number of thiophene rings is 5. The Labute approximate surface area is 368 Å². The quantitative estimate of drug-likeness (QED) is 0.0960. The molecule has 9 aromatic rings. The molecule has 0 radical (unpaired) electrons. The summed E-state index contributed by atoms with van der Waals surface area (Å²) in [6.45, 7) is 0. The zero-order valence-electron chi connectivity index (χ0n) is 31.9. The van der Waals surface area contributed by atoms with E-state index in [9.17, 15) is 9.59 Å². The van der Waals surface area contributed by atoms with Crippen LogP contribution in [0.4, 0.5) is 17.1 Å². The van der Waals surface area contributed by atoms with Crippen molar-refractivity contribution in [3.63, 3.8) is 0 Å². The van der Waals surface area contributed by atoms with Crippen LogP contribution < -0.4 is 4.90 Å². The smallest absolute Gasteiger partial charge is 0.197 e. The molecule has 10 rings (SSSR count). The summed E-state index contributed by atoms with van der Waals surface area (Å²) in [4.78, 5) is 37.7. The Hall–Kier alpha value is -6.26. The molecule has 0 amide bonds. The van der Waals surface area contributed by atoms with Gasteiger partial charge < -0.3 is 4.90 Å². The predicted molar refractivity (Wildman–Crippen MR) is 261 cm³/mol. The number of anilines is 3. The van der Waals surface area contributed by atoms with Crippen molar-refractivity contribution < 1.29 is 9.59 Å². The van der Waals surface area contributed by atoms with E-state index >= 15 is 0 Å². The molecule has 288 valence electrons. The minimum Gasteiger partial charge on any atom is -0.311 e. The first-order valence-corrected chi connectivity index (χ1v) is 23.5. The maximum atomic E-state index is 13.0. The van der Waals surface area contributed by atoms with Gasteiger partial charge in [-0.05, 0) is 143 Å². The average molecular weight is 864 g/mol. The minimum absolute atomic E-state index is 0.208. The van der Waals surface area contributed by atoms with Gasteiger partial charge in [0.1, 0.15) is 0 Å². The standard InChI is InChI=1S/C52H33NO2S5/c54-51-45-7-1-2-8-46(45)52(55)47(51)33-44-27-30-50(60-44)36-13-19-39(20-14-36)53(37-15-9-34(10-16-37)48-28-25-42(58-48)23-21-40-5-3-31-56-40)38-17-11-35(12-18-38)49-29-26-43(59-49)24-22-41-6-4-32-57-41/h1-33H/b23-21+,24-22+. The second-order valence-corrected chi connectivity index (χ2v) is 19.3. The molecular weight excluding hydrogens is 831 g/mol. The third kappa shape index (κ3) is 7.91. The number of carbonyl (C=O) groups excluding carboxylic acids is 2. The van der Waals surface area contributed by atoms with E-state index in [1.807, 2.05) is 6.07 Å². The number of hydrogen-bond acceptors (Lipinski definition) is 8. The molecule has 0 atom stereocenters. The van der Waals surface area contributed by atoms with E-state index < -0.39 is 0 Å². The second kappa shape index (κ2) is 16.8. The number of nitrogens with zero attached hydrogens (tertiary/aromatic N) is 1. The summed E-state index contributed by atoms with van der Waals surface area (Å²) in [5.74, 6) is -0.416. The summed E-state index contributed by atoms with van der Waals surface area (Å²) in [6, 6.07) is 54.5. The lowest BCUT2D eigenvalue weighted by molar-refractivity contribution is 0.0990. The number of hydrogen-bond donors (Lipinski definition) is 0. The monoisotopic (exact) mass is 863 g/mol. The lowest BCUT2D eigenvalue weighted by Crippen LogP contribution is -2.09. The van der Waals surface area contributed by atoms with Gasteiger partial charge in [-0.15, -0.1) is 56.7 Å². The van der Waals surface area contributed by atoms with Gasteiger partial charge in [-0.25, -0.2) is 0 Å². The van der Waals surface area contributed by atoms with Crippen molar-refractivity contribution >= 4 is 116 Å². The van der Waals surface area contributed by atoms with Gasteiger partial charge in [0.2, 0.25) is 0 Å². The molecule has 1 aliphatic carbocycles. The lowest BCUT2D eigenvalue weighted by Gasteiger charge is -2.26. The summed E-state index contributed by atoms with van der Waals surface area (Å²) in [5.41, 5.74) is 7.76. The van der Waals surface area contributed by atoms with E-state index in [0.29, 0.717) is 11.1 Å². The summed E-state index contributed by atoms with van der Waals surface area (Å²) in [6.07, 6.45) is 10.5. The fourth-order valence-corrected chi connectivity index (χ4v) is 11.2. The van der Waals surface area contributed by atoms with Crippen LogP contribution in [0.1, 0.15) is 45.1 Å². The zero-order chi connectivity index (χ0) is 40.4. The number of benzene rings is 4. The number of carbonyl (C=O) groups is 2. The second-order valence-electron chi connectivity index (χ2n) is 14.0. The maximum Gasteiger partial charge on any atom is 0.197 e. The molecule has 0 aliphatic heterocycles. The molecule has 0 fully saturated rings. The molecular formula is C52H33NO2S5. The van der Waals surface area contributed by atoms with E-state index in [2.05, 4.69) is 167 Å². The highest BCUT2D eigenvalue weighted by molar-refractivity contribution is 7.17. The zero-order valence-corrected chi connectivity index (χ0v) is 35.9. The van der Waals surface area contributed by atoms with Crippen molar-refractivity contribution in [2.75, 3.05) is 4.90 Å². The van der Waals surface area contributed by atoms with Crippen LogP contribution in [-0.2, 0) is 0 Å². The van der Waals surface area contributed by atoms with Crippen molar-refractivity contribution in [3.8, 4) is 31.3 Å². The minimum atomic E-state index is -0.208. The molecule has 5 heterocycles. The largest absolute Gasteiger partial charge is 0.311 e. The molecule has 0 saturated carbocycles. The van der Waals surface area contributed by atoms with Gasteiger partial charge in [0, 0.05) is 67.2 Å². The van der Waals surface area contributed by atoms with Gasteiger partial charge in [-0.3, -0.25) is 9.59 Å². The summed E-state index contributed by atoms with van der Waals surface area (Å²) >= 11 is 8.63. The van der Waals surface area contributed by atoms with Crippen LogP contribution in [0.15, 0.2) is 174 Å². The molecule has 0 N–H and O–H groups in total. The highest BCUT2D eigenvalue weighted by Gasteiger charge is 2.32. The Bertz CT molecular complexity index is 2880. The molecule has 8 heteroatoms. The fourth-order valence-electron chi connectivity index (χ4n) is 7.20. The Morgan fingerprint density at radius 2 is 0.750 bits per heavy atom. The molecule has 0 bridgehead atoms. The third-order valence-electron chi connectivity index (χ3n) is 10.2. The van der Waals surface area contributed by atoms with Crippen LogP contribution >= 0.6 is 56.7 Å². The van der Waals surface area contributed by atoms with Crippen LogP contribution in [0, 0.1) is 0 Å². The number of ketones is 2. The molecule has 3 nitrogen and oxygen atoms in total. The number of allylic oxidation sites excluding steroid dienone is 1. The highest BCUT2D eigenvalue weighted by atomic mass is 32.1. The van der Waals surface area contributed by atoms with E-state index in [1.54, 1.807) is 87.0 Å². The normalized spacial score (nSPS) is 12.6. The average Bonchev–Trinajstić information content (AvgIpc) is 4.16. The fraction of sp³-hybridized carbons (Fsp3) is 0. The van der Waals surface area contributed by atoms with E-state index in [4.69, 9.17) is 0 Å². The van der Waals surface area contributed by atoms with Crippen molar-refractivity contribution in [3.05, 3.63) is 210 Å². The SMILES string of the molecule is O=C1C(=Cc2ccc(-c3ccc(N(c4ccc(-c5ccc(/C=C/c6cccs6)s5)cc4)c4ccc(-c5ccc(/C=C/c6cccs6)s5)cc4)cc3)s2)C(=O)c2ccccc21. The summed E-state index contributed by atoms with van der Waals surface area (Å²) < 4.78 is 0. The van der Waals surface area contributed by atoms with Crippen LogP contribution in [-0.4, -0.2) is 11.6 Å². The molecule has 0 saturated heterocycles. The molecule has 4 aromatic carbocycles. The van der Waals surface area contributed by atoms with Gasteiger partial charge >= 0.3 is 0 Å². The maximum absolute atomic E-state index is 13.0. The number of rotatable bonds is 11. The Kier molecular flexibility index (Phi) is 10.6. The Morgan fingerprint density at radius 1 is 0.367 bits per heavy atom. The van der Waals surface area contributed by atoms with Gasteiger partial charge in [-0.1, -0.05) is 72.8 Å². The van der Waals surface area contributed by atoms with Gasteiger partial charge in [0.15, 0.2) is 11.6 Å². The Morgan fingerprint density at radius 3 is 1.15 bits per heavy atom. The summed E-state index contributed by atoms with van der Waals surface area (Å²) in [7, 11) is 0. The van der Waals surface area contributed by atoms with Crippen molar-refractivity contribution in [2.24, 2.45) is 0 Å². The molecule has 1 aliphatic rings. The summed E-state index contributed by atoms with van der Waals surface area (Å²) in [5, 5.41) is 4.20. The first-order chi connectivity index (χ1) is 29.5. The van der Waals surface area contributed by atoms with E-state index in [-0.39, 0.29) is 17.1 Å². The van der Waals surface area contributed by atoms with Gasteiger partial charge in [0.05, 0.1) is 5.57 Å². The molecule has 0 spiro atoms. The van der Waals surface area contributed by atoms with Gasteiger partial charge in [-0.2, -0.15) is 0 Å². The van der Waals surface area contributed by atoms with Crippen LogP contribution in [0.3, 0.4) is 0 Å². The lowest BCUT2D eigenvalue weighted by atomic mass is 10.1. The number of fused-ring (bicyclic) bond motifs is 1. The first-order valence-electron chi connectivity index (χ1n) is 19.3. The predicted octanol–water partition coefficient (Wildman–Crippen LogP) is 16.3. The van der Waals surface area contributed by atoms with E-state index in [1.165, 1.54) is 40.4 Å². The topological polar surface area (TPSA) is 37.4 Å². The molecule has 60 heavy (non-hydrogen) atoms. The Balaban J connectivity index is 0.930. The molecule has 0 unspecified atom stereocenters. The first kappa shape index (κ1) is 38.0. The van der Waals surface area contributed by atoms with Crippen molar-refractivity contribution in [1.29, 1.82) is 0 Å². The highest BCUT2D eigenvalue weighted by Crippen LogP contribution is 2.40. The third-order valence-corrected chi connectivity index (χ3v) is 15.2. The van der Waals surface area contributed by atoms with Crippen LogP contribution in [0.25, 0.3) is 61.7 Å². The number of Topliss-reactive ketones (excluding diaryl/α,β-unsaturated/α-hetero) is 2.